The molecular formula is C18H25ClN2O. The van der Waals surface area contributed by atoms with E-state index < -0.39 is 0 Å². The van der Waals surface area contributed by atoms with Crippen LogP contribution in [0.15, 0.2) is 24.3 Å². The first-order valence-corrected chi connectivity index (χ1v) is 8.74. The van der Waals surface area contributed by atoms with E-state index in [2.05, 4.69) is 29.7 Å². The summed E-state index contributed by atoms with van der Waals surface area (Å²) < 4.78 is 0. The van der Waals surface area contributed by atoms with Crippen LogP contribution in [0.5, 0.6) is 0 Å². The number of hydrogen-bond donors (Lipinski definition) is 2. The van der Waals surface area contributed by atoms with Gasteiger partial charge >= 0.3 is 0 Å². The predicted octanol–water partition coefficient (Wildman–Crippen LogP) is 3.27. The van der Waals surface area contributed by atoms with Crippen LogP contribution in [0.3, 0.4) is 0 Å². The van der Waals surface area contributed by atoms with E-state index in [0.29, 0.717) is 6.04 Å². The molecule has 2 N–H and O–H groups in total. The minimum Gasteiger partial charge on any atom is -0.355 e. The molecule has 2 fully saturated rings. The fourth-order valence-electron chi connectivity index (χ4n) is 3.75. The maximum Gasteiger partial charge on any atom is 0.223 e. The smallest absolute Gasteiger partial charge is 0.223 e. The fraction of sp³-hybridized carbons (Fsp3) is 0.611. The Morgan fingerprint density at radius 2 is 2.09 bits per heavy atom. The number of halogens is 1. The zero-order valence-corrected chi connectivity index (χ0v) is 14.0. The number of amides is 1. The molecule has 0 bridgehead atoms. The van der Waals surface area contributed by atoms with Crippen LogP contribution in [0.2, 0.25) is 5.02 Å². The van der Waals surface area contributed by atoms with Crippen LogP contribution in [0.25, 0.3) is 0 Å². The Morgan fingerprint density at radius 3 is 2.68 bits per heavy atom. The lowest BCUT2D eigenvalue weighted by molar-refractivity contribution is -0.126. The van der Waals surface area contributed by atoms with Crippen LogP contribution >= 0.6 is 11.6 Å². The highest BCUT2D eigenvalue weighted by molar-refractivity contribution is 6.30. The van der Waals surface area contributed by atoms with Gasteiger partial charge in [-0.05, 0) is 56.8 Å². The third-order valence-corrected chi connectivity index (χ3v) is 5.61. The van der Waals surface area contributed by atoms with Crippen molar-refractivity contribution in [1.29, 1.82) is 0 Å². The maximum atomic E-state index is 12.5. The summed E-state index contributed by atoms with van der Waals surface area (Å²) in [5, 5.41) is 7.40. The summed E-state index contributed by atoms with van der Waals surface area (Å²) in [4.78, 5) is 12.5. The summed E-state index contributed by atoms with van der Waals surface area (Å²) in [5.74, 6) is 0.396. The first-order valence-electron chi connectivity index (χ1n) is 8.36. The van der Waals surface area contributed by atoms with Crippen molar-refractivity contribution >= 4 is 17.5 Å². The van der Waals surface area contributed by atoms with Gasteiger partial charge in [0.2, 0.25) is 5.91 Å². The van der Waals surface area contributed by atoms with E-state index in [0.717, 1.165) is 43.8 Å². The average molecular weight is 321 g/mol. The monoisotopic (exact) mass is 320 g/mol. The summed E-state index contributed by atoms with van der Waals surface area (Å²) in [6, 6.07) is 8.57. The first kappa shape index (κ1) is 15.8. The molecule has 120 valence electrons. The van der Waals surface area contributed by atoms with Gasteiger partial charge in [-0.15, -0.1) is 0 Å². The van der Waals surface area contributed by atoms with Crippen molar-refractivity contribution in [2.75, 3.05) is 13.1 Å². The van der Waals surface area contributed by atoms with Crippen molar-refractivity contribution in [1.82, 2.24) is 10.6 Å². The van der Waals surface area contributed by atoms with Gasteiger partial charge in [0.05, 0.1) is 0 Å². The van der Waals surface area contributed by atoms with Gasteiger partial charge in [-0.1, -0.05) is 30.2 Å². The van der Waals surface area contributed by atoms with Crippen molar-refractivity contribution in [2.24, 2.45) is 5.92 Å². The molecule has 2 aliphatic rings. The van der Waals surface area contributed by atoms with E-state index in [1.807, 2.05) is 12.1 Å². The number of piperidine rings is 1. The number of hydrogen-bond acceptors (Lipinski definition) is 2. The molecule has 2 atom stereocenters. The minimum absolute atomic E-state index is 0.124. The van der Waals surface area contributed by atoms with Crippen molar-refractivity contribution in [3.05, 3.63) is 34.9 Å². The van der Waals surface area contributed by atoms with Gasteiger partial charge in [0.1, 0.15) is 0 Å². The summed E-state index contributed by atoms with van der Waals surface area (Å²) in [6.45, 7) is 3.86. The van der Waals surface area contributed by atoms with E-state index in [9.17, 15) is 4.79 Å². The number of nitrogens with one attached hydrogen (secondary N) is 2. The van der Waals surface area contributed by atoms with Crippen molar-refractivity contribution in [3.63, 3.8) is 0 Å². The topological polar surface area (TPSA) is 41.1 Å². The Hall–Kier alpha value is -1.06. The summed E-state index contributed by atoms with van der Waals surface area (Å²) >= 11 is 5.99. The highest BCUT2D eigenvalue weighted by atomic mass is 35.5. The second kappa shape index (κ2) is 6.59. The highest BCUT2D eigenvalue weighted by Crippen LogP contribution is 2.43. The third-order valence-electron chi connectivity index (χ3n) is 5.36. The Balaban J connectivity index is 1.61. The highest BCUT2D eigenvalue weighted by Gasteiger charge is 2.39. The van der Waals surface area contributed by atoms with Gasteiger partial charge in [0, 0.05) is 28.9 Å². The van der Waals surface area contributed by atoms with Crippen LogP contribution in [0, 0.1) is 5.92 Å². The van der Waals surface area contributed by atoms with Crippen molar-refractivity contribution in [2.45, 2.75) is 50.5 Å². The third kappa shape index (κ3) is 3.31. The maximum absolute atomic E-state index is 12.5. The molecule has 1 aromatic carbocycles. The Labute approximate surface area is 137 Å². The van der Waals surface area contributed by atoms with Gasteiger partial charge in [0.25, 0.3) is 0 Å². The van der Waals surface area contributed by atoms with E-state index in [4.69, 9.17) is 11.6 Å². The average Bonchev–Trinajstić information content (AvgIpc) is 2.47. The molecule has 1 saturated heterocycles. The Kier molecular flexibility index (Phi) is 4.74. The molecular weight excluding hydrogens is 296 g/mol. The number of rotatable bonds is 4. The number of benzene rings is 1. The SMILES string of the molecule is C[C@H]1C[C@@H](C(=O)NCC2(c3ccc(Cl)cc3)CCC2)CCN1. The van der Waals surface area contributed by atoms with Crippen molar-refractivity contribution < 1.29 is 4.79 Å². The zero-order chi connectivity index (χ0) is 15.6. The molecule has 3 rings (SSSR count). The standard InChI is InChI=1S/C18H25ClN2O/c1-13-11-14(7-10-20-13)17(22)21-12-18(8-2-9-18)15-3-5-16(19)6-4-15/h3-6,13-14,20H,2,7-12H2,1H3,(H,21,22)/t13-,14-/m0/s1. The van der Waals surface area contributed by atoms with E-state index >= 15 is 0 Å². The Bertz CT molecular complexity index is 524. The van der Waals surface area contributed by atoms with Crippen LogP contribution in [0.4, 0.5) is 0 Å². The molecule has 1 saturated carbocycles. The lowest BCUT2D eigenvalue weighted by Gasteiger charge is -2.43. The lowest BCUT2D eigenvalue weighted by Crippen LogP contribution is -2.49. The normalized spacial score (nSPS) is 27.0. The van der Waals surface area contributed by atoms with E-state index in [-0.39, 0.29) is 17.2 Å². The lowest BCUT2D eigenvalue weighted by atomic mass is 9.64. The summed E-state index contributed by atoms with van der Waals surface area (Å²) in [7, 11) is 0. The van der Waals surface area contributed by atoms with Gasteiger partial charge in [-0.3, -0.25) is 4.79 Å². The molecule has 1 aromatic rings. The van der Waals surface area contributed by atoms with Gasteiger partial charge in [-0.2, -0.15) is 0 Å². The van der Waals surface area contributed by atoms with Crippen LogP contribution in [-0.2, 0) is 10.2 Å². The second-order valence-corrected chi connectivity index (χ2v) is 7.37. The predicted molar refractivity (Wildman–Crippen MR) is 90.2 cm³/mol. The molecule has 0 spiro atoms. The largest absolute Gasteiger partial charge is 0.355 e. The summed E-state index contributed by atoms with van der Waals surface area (Å²) in [6.07, 6.45) is 5.43. The minimum atomic E-state index is 0.124. The number of carbonyl (C=O) groups excluding carboxylic acids is 1. The molecule has 0 aromatic heterocycles. The molecule has 22 heavy (non-hydrogen) atoms. The van der Waals surface area contributed by atoms with Crippen LogP contribution < -0.4 is 10.6 Å². The summed E-state index contributed by atoms with van der Waals surface area (Å²) in [5.41, 5.74) is 1.43. The first-order chi connectivity index (χ1) is 10.6. The van der Waals surface area contributed by atoms with Gasteiger partial charge < -0.3 is 10.6 Å². The Morgan fingerprint density at radius 1 is 1.36 bits per heavy atom. The zero-order valence-electron chi connectivity index (χ0n) is 13.2. The van der Waals surface area contributed by atoms with Crippen LogP contribution in [-0.4, -0.2) is 25.0 Å². The number of carbonyl (C=O) groups is 1. The molecule has 0 radical (unpaired) electrons. The molecule has 4 heteroatoms. The van der Waals surface area contributed by atoms with Gasteiger partial charge in [0.15, 0.2) is 0 Å². The van der Waals surface area contributed by atoms with E-state index in [1.54, 1.807) is 0 Å². The molecule has 1 aliphatic carbocycles. The second-order valence-electron chi connectivity index (χ2n) is 6.94. The fourth-order valence-corrected chi connectivity index (χ4v) is 3.87. The molecule has 0 unspecified atom stereocenters. The molecule has 1 heterocycles. The van der Waals surface area contributed by atoms with Gasteiger partial charge in [-0.25, -0.2) is 0 Å². The molecule has 1 aliphatic heterocycles. The quantitative estimate of drug-likeness (QED) is 0.894. The van der Waals surface area contributed by atoms with Crippen LogP contribution in [0.1, 0.15) is 44.6 Å². The molecule has 3 nitrogen and oxygen atoms in total. The molecule has 1 amide bonds. The van der Waals surface area contributed by atoms with Crippen molar-refractivity contribution in [3.8, 4) is 0 Å². The van der Waals surface area contributed by atoms with E-state index in [1.165, 1.54) is 12.0 Å².